The van der Waals surface area contributed by atoms with Gasteiger partial charge < -0.3 is 30.1 Å². The van der Waals surface area contributed by atoms with Crippen molar-refractivity contribution >= 4 is 60.6 Å². The molecule has 0 aromatic heterocycles. The van der Waals surface area contributed by atoms with Gasteiger partial charge in [0, 0.05) is 13.0 Å². The molecule has 0 aromatic carbocycles. The van der Waals surface area contributed by atoms with Crippen LogP contribution in [0.5, 0.6) is 0 Å². The van der Waals surface area contributed by atoms with Gasteiger partial charge in [-0.3, -0.25) is 4.84 Å². The molecular formula is C6H11CaCl3N2O2. The van der Waals surface area contributed by atoms with Crippen LogP contribution in [0.25, 0.3) is 0 Å². The van der Waals surface area contributed by atoms with Gasteiger partial charge >= 0.3 is 43.8 Å². The molecule has 0 aromatic rings. The third-order valence-electron chi connectivity index (χ3n) is 0.840. The summed E-state index contributed by atoms with van der Waals surface area (Å²) in [6.07, 6.45) is -0.0277. The number of oxime groups is 1. The molecule has 0 saturated carbocycles. The maximum absolute atomic E-state index is 10.6. The average molecular weight is 290 g/mol. The molecule has 0 spiro atoms. The molecule has 80 valence electrons. The number of hydrogen-bond acceptors (Lipinski definition) is 3. The van der Waals surface area contributed by atoms with Crippen LogP contribution in [0.4, 0.5) is 4.79 Å². The molecule has 1 amide bonds. The predicted molar refractivity (Wildman–Crippen MR) is 49.5 cm³/mol. The van der Waals surface area contributed by atoms with E-state index in [1.54, 1.807) is 6.92 Å². The summed E-state index contributed by atoms with van der Waals surface area (Å²) in [7, 11) is 0. The van der Waals surface area contributed by atoms with E-state index in [2.05, 4.69) is 15.3 Å². The van der Waals surface area contributed by atoms with Gasteiger partial charge in [0.1, 0.15) is 5.17 Å². The van der Waals surface area contributed by atoms with Crippen molar-refractivity contribution < 1.29 is 34.4 Å². The number of amides is 1. The molecular weight excluding hydrogens is 279 g/mol. The van der Waals surface area contributed by atoms with E-state index in [4.69, 9.17) is 11.6 Å². The van der Waals surface area contributed by atoms with E-state index in [0.717, 1.165) is 0 Å². The van der Waals surface area contributed by atoms with Crippen molar-refractivity contribution in [2.75, 3.05) is 6.54 Å². The second-order valence-corrected chi connectivity index (χ2v) is 2.17. The van der Waals surface area contributed by atoms with E-state index in [1.165, 1.54) is 0 Å². The zero-order valence-electron chi connectivity index (χ0n) is 8.02. The van der Waals surface area contributed by atoms with Gasteiger partial charge in [-0.1, -0.05) is 23.7 Å². The standard InChI is InChI=1S/C6H11ClN2O2.Ca.2ClH/c1-3-5(7)9-11-6(10)8-4-2;;;/h3-4H2,1-2H3,(H,8,10);;2*1H/q;+2;;/p-2/b9-5-;;;. The number of halogens is 3. The van der Waals surface area contributed by atoms with E-state index in [-0.39, 0.29) is 67.7 Å². The Bertz CT molecular complexity index is 169. The van der Waals surface area contributed by atoms with Crippen LogP contribution in [0.2, 0.25) is 0 Å². The third-order valence-corrected chi connectivity index (χ3v) is 1.18. The molecule has 0 aliphatic heterocycles. The van der Waals surface area contributed by atoms with Gasteiger partial charge in [-0.2, -0.15) is 0 Å². The number of rotatable bonds is 3. The zero-order chi connectivity index (χ0) is 8.69. The summed E-state index contributed by atoms with van der Waals surface area (Å²) in [5.41, 5.74) is 0. The van der Waals surface area contributed by atoms with E-state index in [0.29, 0.717) is 13.0 Å². The average Bonchev–Trinajstić information content (AvgIpc) is 2.01. The van der Waals surface area contributed by atoms with Crippen LogP contribution in [0.1, 0.15) is 20.3 Å². The summed E-state index contributed by atoms with van der Waals surface area (Å²) >= 11 is 5.45. The molecule has 0 rings (SSSR count). The van der Waals surface area contributed by atoms with Gasteiger partial charge in [0.2, 0.25) is 0 Å². The van der Waals surface area contributed by atoms with Crippen molar-refractivity contribution in [3.63, 3.8) is 0 Å². The van der Waals surface area contributed by atoms with Crippen molar-refractivity contribution in [3.05, 3.63) is 0 Å². The normalized spacial score (nSPS) is 8.64. The fourth-order valence-corrected chi connectivity index (χ4v) is 0.367. The first kappa shape index (κ1) is 24.3. The molecule has 0 unspecified atom stereocenters. The SMILES string of the molecule is CCNC(=O)O/N=C(\Cl)CC.[Ca+2].[Cl-].[Cl-]. The van der Waals surface area contributed by atoms with Crippen molar-refractivity contribution in [1.29, 1.82) is 0 Å². The van der Waals surface area contributed by atoms with E-state index in [9.17, 15) is 4.79 Å². The van der Waals surface area contributed by atoms with Gasteiger partial charge in [-0.25, -0.2) is 4.79 Å². The van der Waals surface area contributed by atoms with Crippen LogP contribution in [0, 0.1) is 0 Å². The molecule has 0 aliphatic carbocycles. The Morgan fingerprint density at radius 1 is 1.43 bits per heavy atom. The molecule has 0 bridgehead atoms. The van der Waals surface area contributed by atoms with Crippen molar-refractivity contribution in [1.82, 2.24) is 5.32 Å². The zero-order valence-corrected chi connectivity index (χ0v) is 12.5. The van der Waals surface area contributed by atoms with Crippen LogP contribution >= 0.6 is 11.6 Å². The monoisotopic (exact) mass is 288 g/mol. The quantitative estimate of drug-likeness (QED) is 0.246. The van der Waals surface area contributed by atoms with Gasteiger partial charge in [-0.15, -0.1) is 0 Å². The minimum Gasteiger partial charge on any atom is -1.00 e. The van der Waals surface area contributed by atoms with E-state index >= 15 is 0 Å². The first-order valence-corrected chi connectivity index (χ1v) is 3.75. The second kappa shape index (κ2) is 16.5. The summed E-state index contributed by atoms with van der Waals surface area (Å²) in [6.45, 7) is 4.11. The summed E-state index contributed by atoms with van der Waals surface area (Å²) in [4.78, 5) is 14.9. The molecule has 0 atom stereocenters. The predicted octanol–water partition coefficient (Wildman–Crippen LogP) is -4.68. The van der Waals surface area contributed by atoms with E-state index < -0.39 is 6.09 Å². The Balaban J connectivity index is -0.000000167. The number of carbonyl (C=O) groups is 1. The summed E-state index contributed by atoms with van der Waals surface area (Å²) in [5.74, 6) is 0. The van der Waals surface area contributed by atoms with Gasteiger partial charge in [0.05, 0.1) is 0 Å². The van der Waals surface area contributed by atoms with Gasteiger partial charge in [0.25, 0.3) is 0 Å². The largest absolute Gasteiger partial charge is 2.00 e. The van der Waals surface area contributed by atoms with Crippen LogP contribution < -0.4 is 30.1 Å². The minimum atomic E-state index is -0.584. The topological polar surface area (TPSA) is 50.7 Å². The number of carbonyl (C=O) groups excluding carboxylic acids is 1. The fraction of sp³-hybridized carbons (Fsp3) is 0.667. The summed E-state index contributed by atoms with van der Waals surface area (Å²) in [6, 6.07) is 0. The molecule has 4 nitrogen and oxygen atoms in total. The molecule has 8 heteroatoms. The van der Waals surface area contributed by atoms with Crippen molar-refractivity contribution in [2.24, 2.45) is 5.16 Å². The van der Waals surface area contributed by atoms with Crippen LogP contribution in [0.3, 0.4) is 0 Å². The molecule has 0 saturated heterocycles. The minimum absolute atomic E-state index is 0. The summed E-state index contributed by atoms with van der Waals surface area (Å²) in [5, 5.41) is 6.00. The van der Waals surface area contributed by atoms with Gasteiger partial charge in [0.15, 0.2) is 0 Å². The Hall–Kier alpha value is 1.07. The van der Waals surface area contributed by atoms with Crippen molar-refractivity contribution in [2.45, 2.75) is 20.3 Å². The molecule has 0 radical (unpaired) electrons. The van der Waals surface area contributed by atoms with Gasteiger partial charge in [-0.05, 0) is 6.92 Å². The maximum atomic E-state index is 10.6. The van der Waals surface area contributed by atoms with Crippen LogP contribution in [0.15, 0.2) is 5.16 Å². The second-order valence-electron chi connectivity index (χ2n) is 1.73. The molecule has 1 N–H and O–H groups in total. The van der Waals surface area contributed by atoms with Crippen molar-refractivity contribution in [3.8, 4) is 0 Å². The van der Waals surface area contributed by atoms with Crippen LogP contribution in [-0.4, -0.2) is 55.5 Å². The Labute approximate surface area is 131 Å². The Morgan fingerprint density at radius 2 is 1.93 bits per heavy atom. The maximum Gasteiger partial charge on any atom is 2.00 e. The van der Waals surface area contributed by atoms with Crippen LogP contribution in [-0.2, 0) is 4.84 Å². The Morgan fingerprint density at radius 3 is 2.29 bits per heavy atom. The number of hydrogen-bond donors (Lipinski definition) is 1. The summed E-state index contributed by atoms with van der Waals surface area (Å²) < 4.78 is 0. The Kier molecular flexibility index (Phi) is 28.7. The number of nitrogens with zero attached hydrogens (tertiary/aromatic N) is 1. The number of nitrogens with one attached hydrogen (secondary N) is 1. The fourth-order valence-electron chi connectivity index (χ4n) is 0.332. The molecule has 0 aliphatic rings. The van der Waals surface area contributed by atoms with E-state index in [1.807, 2.05) is 6.92 Å². The first-order valence-electron chi connectivity index (χ1n) is 3.37. The third kappa shape index (κ3) is 15.5. The molecule has 0 fully saturated rings. The first-order chi connectivity index (χ1) is 5.20. The molecule has 0 heterocycles. The smallest absolute Gasteiger partial charge is 1.00 e. The molecule has 14 heavy (non-hydrogen) atoms.